The summed E-state index contributed by atoms with van der Waals surface area (Å²) in [5.41, 5.74) is 1.25. The number of carbonyl (C=O) groups is 2. The van der Waals surface area contributed by atoms with Crippen molar-refractivity contribution in [3.63, 3.8) is 0 Å². The third kappa shape index (κ3) is 8.17. The van der Waals surface area contributed by atoms with Crippen molar-refractivity contribution < 1.29 is 19.2 Å². The number of nitrogens with zero attached hydrogens (tertiary/aromatic N) is 1. The summed E-state index contributed by atoms with van der Waals surface area (Å²) in [5, 5.41) is 19.1. The largest absolute Gasteiger partial charge is 0.494 e. The third-order valence-corrected chi connectivity index (χ3v) is 4.85. The van der Waals surface area contributed by atoms with Crippen molar-refractivity contribution in [2.75, 3.05) is 17.7 Å². The first-order valence-electron chi connectivity index (χ1n) is 9.95. The van der Waals surface area contributed by atoms with Crippen molar-refractivity contribution >= 4 is 63.9 Å². The van der Waals surface area contributed by atoms with E-state index in [2.05, 4.69) is 16.0 Å². The first-order valence-corrected chi connectivity index (χ1v) is 10.7. The number of nitro groups is 1. The molecule has 0 aliphatic rings. The van der Waals surface area contributed by atoms with Crippen LogP contribution in [0.3, 0.4) is 0 Å². The van der Waals surface area contributed by atoms with Gasteiger partial charge in [-0.25, -0.2) is 0 Å². The van der Waals surface area contributed by atoms with Gasteiger partial charge < -0.3 is 15.4 Å². The van der Waals surface area contributed by atoms with Gasteiger partial charge in [0.15, 0.2) is 5.11 Å². The molecule has 174 valence electrons. The van der Waals surface area contributed by atoms with Gasteiger partial charge in [-0.2, -0.15) is 0 Å². The van der Waals surface area contributed by atoms with Crippen molar-refractivity contribution in [2.45, 2.75) is 26.2 Å². The molecule has 0 heterocycles. The van der Waals surface area contributed by atoms with Gasteiger partial charge in [0, 0.05) is 30.3 Å². The van der Waals surface area contributed by atoms with Gasteiger partial charge in [0.05, 0.1) is 17.7 Å². The van der Waals surface area contributed by atoms with Crippen LogP contribution in [0.1, 0.15) is 31.7 Å². The van der Waals surface area contributed by atoms with Crippen molar-refractivity contribution in [1.82, 2.24) is 5.32 Å². The van der Waals surface area contributed by atoms with Crippen LogP contribution in [0, 0.1) is 10.1 Å². The molecule has 0 atom stereocenters. The molecule has 0 aliphatic carbocycles. The summed E-state index contributed by atoms with van der Waals surface area (Å²) in [4.78, 5) is 34.4. The summed E-state index contributed by atoms with van der Waals surface area (Å²) in [6.45, 7) is 2.01. The van der Waals surface area contributed by atoms with Crippen LogP contribution in [-0.4, -0.2) is 29.0 Å². The molecule has 9 nitrogen and oxygen atoms in total. The summed E-state index contributed by atoms with van der Waals surface area (Å²) < 4.78 is 5.32. The first kappa shape index (κ1) is 25.8. The summed E-state index contributed by atoms with van der Waals surface area (Å²) in [6, 6.07) is 9.17. The zero-order chi connectivity index (χ0) is 24.4. The topological polar surface area (TPSA) is 123 Å². The van der Waals surface area contributed by atoms with E-state index in [1.807, 2.05) is 6.92 Å². The molecule has 0 fully saturated rings. The number of thiocarbonyl (C=S) groups is 1. The van der Waals surface area contributed by atoms with Gasteiger partial charge in [-0.1, -0.05) is 31.0 Å². The maximum Gasteiger partial charge on any atom is 0.288 e. The van der Waals surface area contributed by atoms with Crippen LogP contribution in [0.25, 0.3) is 6.08 Å². The Labute approximate surface area is 201 Å². The second-order valence-electron chi connectivity index (χ2n) is 6.81. The number of methoxy groups -OCH3 is 1. The number of unbranched alkanes of at least 4 members (excludes halogenated alkanes) is 1. The molecule has 3 N–H and O–H groups in total. The first-order chi connectivity index (χ1) is 15.7. The number of amides is 2. The number of ether oxygens (including phenoxy) is 1. The highest BCUT2D eigenvalue weighted by molar-refractivity contribution is 7.80. The van der Waals surface area contributed by atoms with E-state index in [9.17, 15) is 19.7 Å². The second kappa shape index (κ2) is 12.5. The van der Waals surface area contributed by atoms with E-state index in [0.717, 1.165) is 12.8 Å². The van der Waals surface area contributed by atoms with Crippen LogP contribution >= 0.6 is 23.8 Å². The Hall–Kier alpha value is -3.50. The van der Waals surface area contributed by atoms with Crippen LogP contribution in [0.2, 0.25) is 5.02 Å². The Morgan fingerprint density at radius 1 is 1.21 bits per heavy atom. The van der Waals surface area contributed by atoms with E-state index in [0.29, 0.717) is 29.1 Å². The predicted octanol–water partition coefficient (Wildman–Crippen LogP) is 4.91. The number of benzene rings is 2. The monoisotopic (exact) mass is 490 g/mol. The average molecular weight is 491 g/mol. The molecule has 33 heavy (non-hydrogen) atoms. The van der Waals surface area contributed by atoms with Crippen molar-refractivity contribution in [3.8, 4) is 5.75 Å². The van der Waals surface area contributed by atoms with Gasteiger partial charge >= 0.3 is 0 Å². The summed E-state index contributed by atoms with van der Waals surface area (Å²) in [5.74, 6) is -0.198. The number of halogens is 1. The highest BCUT2D eigenvalue weighted by atomic mass is 35.5. The van der Waals surface area contributed by atoms with E-state index in [1.165, 1.54) is 31.4 Å². The molecule has 0 aliphatic heterocycles. The zero-order valence-corrected chi connectivity index (χ0v) is 19.6. The molecule has 0 radical (unpaired) electrons. The lowest BCUT2D eigenvalue weighted by atomic mass is 10.2. The van der Waals surface area contributed by atoms with E-state index >= 15 is 0 Å². The van der Waals surface area contributed by atoms with E-state index in [4.69, 9.17) is 28.6 Å². The highest BCUT2D eigenvalue weighted by Gasteiger charge is 2.12. The van der Waals surface area contributed by atoms with Crippen LogP contribution in [0.15, 0.2) is 42.5 Å². The molecule has 0 saturated carbocycles. The third-order valence-electron chi connectivity index (χ3n) is 4.32. The summed E-state index contributed by atoms with van der Waals surface area (Å²) >= 11 is 10.9. The number of anilines is 2. The number of carbonyl (C=O) groups excluding carboxylic acids is 2. The molecular weight excluding hydrogens is 468 g/mol. The number of rotatable bonds is 9. The molecule has 0 saturated heterocycles. The molecule has 0 aromatic heterocycles. The lowest BCUT2D eigenvalue weighted by Gasteiger charge is -2.13. The minimum atomic E-state index is -0.602. The molecule has 2 aromatic carbocycles. The summed E-state index contributed by atoms with van der Waals surface area (Å²) in [7, 11) is 1.48. The molecule has 0 unspecified atom stereocenters. The standard InChI is InChI=1S/C22H23ClN4O5S/c1-3-4-5-20(28)25-17-10-8-15(13-19(17)32-2)24-22(33)26-21(29)11-7-14-6-9-16(23)18(12-14)27(30)31/h6-13H,3-5H2,1-2H3,(H,25,28)(H2,24,26,29,33). The van der Waals surface area contributed by atoms with E-state index in [-0.39, 0.29) is 21.7 Å². The predicted molar refractivity (Wildman–Crippen MR) is 133 cm³/mol. The number of nitrogens with one attached hydrogen (secondary N) is 3. The molecule has 11 heteroatoms. The van der Waals surface area contributed by atoms with Crippen LogP contribution < -0.4 is 20.7 Å². The molecule has 0 spiro atoms. The lowest BCUT2D eigenvalue weighted by Crippen LogP contribution is -2.32. The molecule has 2 amide bonds. The normalized spacial score (nSPS) is 10.5. The number of nitro benzene ring substituents is 1. The minimum Gasteiger partial charge on any atom is -0.494 e. The minimum absolute atomic E-state index is 0.00829. The molecule has 2 aromatic rings. The van der Waals surface area contributed by atoms with Gasteiger partial charge in [-0.15, -0.1) is 0 Å². The molecule has 2 rings (SSSR count). The fourth-order valence-electron chi connectivity index (χ4n) is 2.68. The fraction of sp³-hybridized carbons (Fsp3) is 0.227. The maximum absolute atomic E-state index is 12.1. The molecular formula is C22H23ClN4O5S. The summed E-state index contributed by atoms with van der Waals surface area (Å²) in [6.07, 6.45) is 4.74. The Kier molecular flexibility index (Phi) is 9.77. The second-order valence-corrected chi connectivity index (χ2v) is 7.63. The van der Waals surface area contributed by atoms with Gasteiger partial charge in [0.1, 0.15) is 10.8 Å². The van der Waals surface area contributed by atoms with Crippen molar-refractivity contribution in [1.29, 1.82) is 0 Å². The van der Waals surface area contributed by atoms with E-state index < -0.39 is 10.8 Å². The Morgan fingerprint density at radius 3 is 2.64 bits per heavy atom. The van der Waals surface area contributed by atoms with Gasteiger partial charge in [-0.3, -0.25) is 25.0 Å². The quantitative estimate of drug-likeness (QED) is 0.197. The zero-order valence-electron chi connectivity index (χ0n) is 18.0. The Bertz CT molecular complexity index is 1090. The van der Waals surface area contributed by atoms with Gasteiger partial charge in [-0.05, 0) is 48.5 Å². The highest BCUT2D eigenvalue weighted by Crippen LogP contribution is 2.28. The van der Waals surface area contributed by atoms with E-state index in [1.54, 1.807) is 24.3 Å². The smallest absolute Gasteiger partial charge is 0.288 e. The van der Waals surface area contributed by atoms with Gasteiger partial charge in [0.2, 0.25) is 11.8 Å². The Morgan fingerprint density at radius 2 is 1.97 bits per heavy atom. The number of hydrogen-bond donors (Lipinski definition) is 3. The van der Waals surface area contributed by atoms with Crippen molar-refractivity contribution in [2.24, 2.45) is 0 Å². The number of hydrogen-bond acceptors (Lipinski definition) is 6. The van der Waals surface area contributed by atoms with Crippen LogP contribution in [-0.2, 0) is 9.59 Å². The van der Waals surface area contributed by atoms with Gasteiger partial charge in [0.25, 0.3) is 5.69 Å². The maximum atomic E-state index is 12.1. The SMILES string of the molecule is CCCCC(=O)Nc1ccc(NC(=S)NC(=O)C=Cc2ccc(Cl)c([N+](=O)[O-])c2)cc1OC. The van der Waals surface area contributed by atoms with Crippen LogP contribution in [0.5, 0.6) is 5.75 Å². The van der Waals surface area contributed by atoms with Crippen molar-refractivity contribution in [3.05, 3.63) is 63.2 Å². The van der Waals surface area contributed by atoms with Crippen LogP contribution in [0.4, 0.5) is 17.1 Å². The fourth-order valence-corrected chi connectivity index (χ4v) is 3.09. The average Bonchev–Trinajstić information content (AvgIpc) is 2.77. The Balaban J connectivity index is 1.97. The molecule has 0 bridgehead atoms. The lowest BCUT2D eigenvalue weighted by molar-refractivity contribution is -0.384.